The molecule has 0 saturated carbocycles. The molecule has 2 aromatic rings. The Morgan fingerprint density at radius 1 is 1.26 bits per heavy atom. The Morgan fingerprint density at radius 2 is 2.00 bits per heavy atom. The number of aryl methyl sites for hydroxylation is 1. The van der Waals surface area contributed by atoms with Gasteiger partial charge in [0.05, 0.1) is 0 Å². The van der Waals surface area contributed by atoms with Crippen molar-refractivity contribution in [2.45, 2.75) is 6.92 Å². The third-order valence-electron chi connectivity index (χ3n) is 2.05. The highest BCUT2D eigenvalue weighted by molar-refractivity contribution is 6.29. The average Bonchev–Trinajstić information content (AvgIpc) is 2.25. The van der Waals surface area contributed by atoms with Gasteiger partial charge in [0.2, 0.25) is 5.95 Å². The molecule has 8 nitrogen and oxygen atoms in total. The molecule has 0 saturated heterocycles. The zero-order valence-electron chi connectivity index (χ0n) is 9.65. The first kappa shape index (κ1) is 13.0. The van der Waals surface area contributed by atoms with E-state index in [1.165, 1.54) is 6.07 Å². The quantitative estimate of drug-likeness (QED) is 0.673. The van der Waals surface area contributed by atoms with Gasteiger partial charge in [-0.25, -0.2) is 14.8 Å². The number of nitrogens with one attached hydrogen (secondary N) is 3. The minimum Gasteiger partial charge on any atom is -0.303 e. The Kier molecular flexibility index (Phi) is 3.43. The molecule has 98 valence electrons. The molecule has 9 heteroatoms. The largest absolute Gasteiger partial charge is 0.326 e. The molecule has 0 aliphatic heterocycles. The van der Waals surface area contributed by atoms with E-state index >= 15 is 0 Å². The van der Waals surface area contributed by atoms with E-state index < -0.39 is 17.2 Å². The molecule has 0 spiro atoms. The molecule has 3 N–H and O–H groups in total. The number of anilines is 1. The Balaban J connectivity index is 2.30. The van der Waals surface area contributed by atoms with E-state index in [4.69, 9.17) is 11.6 Å². The Labute approximate surface area is 110 Å². The molecule has 0 fully saturated rings. The first-order valence-corrected chi connectivity index (χ1v) is 5.48. The van der Waals surface area contributed by atoms with Gasteiger partial charge in [0.25, 0.3) is 11.5 Å². The predicted octanol–water partition coefficient (Wildman–Crippen LogP) is 0.0673. The molecule has 0 atom stereocenters. The number of hydrogen-bond donors (Lipinski definition) is 3. The van der Waals surface area contributed by atoms with Crippen LogP contribution in [0.2, 0.25) is 5.15 Å². The smallest absolute Gasteiger partial charge is 0.303 e. The molecule has 19 heavy (non-hydrogen) atoms. The van der Waals surface area contributed by atoms with E-state index in [9.17, 15) is 14.4 Å². The highest BCUT2D eigenvalue weighted by atomic mass is 35.5. The van der Waals surface area contributed by atoms with Crippen molar-refractivity contribution in [2.24, 2.45) is 0 Å². The van der Waals surface area contributed by atoms with E-state index in [1.54, 1.807) is 6.92 Å². The third-order valence-corrected chi connectivity index (χ3v) is 2.25. The molecule has 2 heterocycles. The highest BCUT2D eigenvalue weighted by Gasteiger charge is 2.10. The number of H-pyrrole nitrogens is 2. The summed E-state index contributed by atoms with van der Waals surface area (Å²) in [5.74, 6) is -0.735. The number of carbonyl (C=O) groups excluding carboxylic acids is 1. The number of amides is 1. The lowest BCUT2D eigenvalue weighted by atomic mass is 10.4. The van der Waals surface area contributed by atoms with Crippen molar-refractivity contribution < 1.29 is 4.79 Å². The summed E-state index contributed by atoms with van der Waals surface area (Å²) in [5.41, 5.74) is -1.09. The number of aromatic amines is 2. The number of nitrogens with zero attached hydrogens (tertiary/aromatic N) is 2. The summed E-state index contributed by atoms with van der Waals surface area (Å²) in [7, 11) is 0. The molecule has 2 aromatic heterocycles. The maximum atomic E-state index is 11.8. The van der Waals surface area contributed by atoms with Crippen LogP contribution in [0.4, 0.5) is 5.95 Å². The van der Waals surface area contributed by atoms with Gasteiger partial charge < -0.3 is 4.98 Å². The Morgan fingerprint density at radius 3 is 2.63 bits per heavy atom. The van der Waals surface area contributed by atoms with Crippen molar-refractivity contribution in [3.8, 4) is 0 Å². The van der Waals surface area contributed by atoms with Gasteiger partial charge in [0, 0.05) is 11.8 Å². The summed E-state index contributed by atoms with van der Waals surface area (Å²) in [6.07, 6.45) is 0. The van der Waals surface area contributed by atoms with Gasteiger partial charge in [-0.1, -0.05) is 11.6 Å². The maximum Gasteiger partial charge on any atom is 0.326 e. The molecule has 0 radical (unpaired) electrons. The second-order valence-electron chi connectivity index (χ2n) is 3.61. The zero-order chi connectivity index (χ0) is 14.0. The van der Waals surface area contributed by atoms with Crippen molar-refractivity contribution in [3.63, 3.8) is 0 Å². The molecule has 0 aliphatic rings. The fourth-order valence-electron chi connectivity index (χ4n) is 1.35. The minimum absolute atomic E-state index is 0.0175. The lowest BCUT2D eigenvalue weighted by molar-refractivity contribution is 0.102. The molecule has 0 aromatic carbocycles. The first-order valence-electron chi connectivity index (χ1n) is 5.10. The molecule has 0 aliphatic carbocycles. The average molecular weight is 282 g/mol. The molecular formula is C10H8ClN5O3. The van der Waals surface area contributed by atoms with Crippen LogP contribution in [0.15, 0.2) is 21.7 Å². The van der Waals surface area contributed by atoms with E-state index in [-0.39, 0.29) is 16.8 Å². The van der Waals surface area contributed by atoms with Gasteiger partial charge in [-0.3, -0.25) is 19.9 Å². The number of aromatic nitrogens is 4. The lowest BCUT2D eigenvalue weighted by Gasteiger charge is -2.04. The van der Waals surface area contributed by atoms with Crippen LogP contribution in [0, 0.1) is 6.92 Å². The van der Waals surface area contributed by atoms with Gasteiger partial charge in [0.1, 0.15) is 10.8 Å². The summed E-state index contributed by atoms with van der Waals surface area (Å²) < 4.78 is 0. The van der Waals surface area contributed by atoms with E-state index in [0.29, 0.717) is 5.69 Å². The topological polar surface area (TPSA) is 121 Å². The van der Waals surface area contributed by atoms with Crippen LogP contribution in [0.5, 0.6) is 0 Å². The van der Waals surface area contributed by atoms with Crippen molar-refractivity contribution >= 4 is 23.5 Å². The summed E-state index contributed by atoms with van der Waals surface area (Å²) in [6, 6.07) is 2.47. The summed E-state index contributed by atoms with van der Waals surface area (Å²) in [4.78, 5) is 45.7. The number of halogens is 1. The van der Waals surface area contributed by atoms with E-state index in [1.807, 2.05) is 4.98 Å². The number of carbonyl (C=O) groups is 1. The van der Waals surface area contributed by atoms with Crippen LogP contribution in [-0.4, -0.2) is 25.8 Å². The van der Waals surface area contributed by atoms with Crippen LogP contribution >= 0.6 is 11.6 Å². The van der Waals surface area contributed by atoms with Crippen LogP contribution in [0.25, 0.3) is 0 Å². The third kappa shape index (κ3) is 3.26. The van der Waals surface area contributed by atoms with Crippen LogP contribution in [0.1, 0.15) is 16.2 Å². The second kappa shape index (κ2) is 5.02. The zero-order valence-corrected chi connectivity index (χ0v) is 10.4. The SMILES string of the molecule is Cc1cc(Cl)nc(NC(=O)c2cc(=O)[nH]c(=O)[nH]2)n1. The predicted molar refractivity (Wildman–Crippen MR) is 67.4 cm³/mol. The van der Waals surface area contributed by atoms with Gasteiger partial charge >= 0.3 is 5.69 Å². The van der Waals surface area contributed by atoms with Gasteiger partial charge in [-0.2, -0.15) is 0 Å². The molecule has 0 bridgehead atoms. The number of rotatable bonds is 2. The van der Waals surface area contributed by atoms with E-state index in [0.717, 1.165) is 6.07 Å². The maximum absolute atomic E-state index is 11.8. The van der Waals surface area contributed by atoms with Crippen molar-refractivity contribution in [1.29, 1.82) is 0 Å². The van der Waals surface area contributed by atoms with Crippen molar-refractivity contribution in [1.82, 2.24) is 19.9 Å². The van der Waals surface area contributed by atoms with E-state index in [2.05, 4.69) is 20.3 Å². The summed E-state index contributed by atoms with van der Waals surface area (Å²) in [5, 5.41) is 2.49. The van der Waals surface area contributed by atoms with Crippen molar-refractivity contribution in [3.05, 3.63) is 49.5 Å². The minimum atomic E-state index is -0.777. The molecule has 1 amide bonds. The second-order valence-corrected chi connectivity index (χ2v) is 4.00. The van der Waals surface area contributed by atoms with Gasteiger partial charge in [-0.05, 0) is 13.0 Å². The monoisotopic (exact) mass is 281 g/mol. The Bertz CT molecular complexity index is 703. The summed E-state index contributed by atoms with van der Waals surface area (Å²) >= 11 is 5.71. The van der Waals surface area contributed by atoms with Gasteiger partial charge in [-0.15, -0.1) is 0 Å². The molecular weight excluding hydrogens is 274 g/mol. The Hall–Kier alpha value is -2.48. The van der Waals surface area contributed by atoms with Crippen LogP contribution in [0.3, 0.4) is 0 Å². The fourth-order valence-corrected chi connectivity index (χ4v) is 1.58. The molecule has 2 rings (SSSR count). The van der Waals surface area contributed by atoms with Crippen molar-refractivity contribution in [2.75, 3.05) is 5.32 Å². The van der Waals surface area contributed by atoms with Crippen LogP contribution in [-0.2, 0) is 0 Å². The fraction of sp³-hybridized carbons (Fsp3) is 0.100. The normalized spacial score (nSPS) is 10.2. The molecule has 0 unspecified atom stereocenters. The van der Waals surface area contributed by atoms with Crippen LogP contribution < -0.4 is 16.6 Å². The summed E-state index contributed by atoms with van der Waals surface area (Å²) in [6.45, 7) is 1.68. The lowest BCUT2D eigenvalue weighted by Crippen LogP contribution is -2.27. The standard InChI is InChI=1S/C10H8ClN5O3/c1-4-2-6(11)14-9(12-4)16-8(18)5-3-7(17)15-10(19)13-5/h2-3H,1H3,(H,12,14,16,18)(H2,13,15,17,19). The highest BCUT2D eigenvalue weighted by Crippen LogP contribution is 2.09. The number of hydrogen-bond acceptors (Lipinski definition) is 5. The first-order chi connectivity index (χ1) is 8.94. The van der Waals surface area contributed by atoms with Gasteiger partial charge in [0.15, 0.2) is 0 Å².